The standard InChI is InChI=1S/C15H28N2O2/c1-3-11-5-4-6-13(9-11)19-10-15(17-2,14(16)18)12-7-8-12/h11-13,17H,3-10H2,1-2H3,(H2,16,18). The van der Waals surface area contributed by atoms with Crippen LogP contribution in [0.1, 0.15) is 51.9 Å². The molecule has 3 unspecified atom stereocenters. The summed E-state index contributed by atoms with van der Waals surface area (Å²) in [4.78, 5) is 11.8. The van der Waals surface area contributed by atoms with Crippen LogP contribution in [0.3, 0.4) is 0 Å². The van der Waals surface area contributed by atoms with E-state index in [0.717, 1.165) is 31.6 Å². The molecule has 19 heavy (non-hydrogen) atoms. The molecule has 0 heterocycles. The Morgan fingerprint density at radius 2 is 2.11 bits per heavy atom. The van der Waals surface area contributed by atoms with Gasteiger partial charge in [-0.1, -0.05) is 26.2 Å². The molecule has 2 aliphatic rings. The molecule has 0 bridgehead atoms. The zero-order chi connectivity index (χ0) is 13.9. The first-order valence-corrected chi connectivity index (χ1v) is 7.72. The summed E-state index contributed by atoms with van der Waals surface area (Å²) < 4.78 is 6.07. The zero-order valence-corrected chi connectivity index (χ0v) is 12.3. The number of hydrogen-bond acceptors (Lipinski definition) is 3. The number of amides is 1. The van der Waals surface area contributed by atoms with Crippen molar-refractivity contribution in [1.29, 1.82) is 0 Å². The molecule has 4 heteroatoms. The van der Waals surface area contributed by atoms with Crippen molar-refractivity contribution in [2.45, 2.75) is 63.5 Å². The maximum Gasteiger partial charge on any atom is 0.240 e. The molecule has 2 fully saturated rings. The molecule has 4 nitrogen and oxygen atoms in total. The zero-order valence-electron chi connectivity index (χ0n) is 12.3. The average Bonchev–Trinajstić information content (AvgIpc) is 3.25. The molecule has 2 saturated carbocycles. The van der Waals surface area contributed by atoms with Gasteiger partial charge in [-0.2, -0.15) is 0 Å². The first-order chi connectivity index (χ1) is 9.12. The molecule has 0 aromatic heterocycles. The van der Waals surface area contributed by atoms with E-state index < -0.39 is 5.54 Å². The largest absolute Gasteiger partial charge is 0.376 e. The highest BCUT2D eigenvalue weighted by molar-refractivity contribution is 5.85. The van der Waals surface area contributed by atoms with Gasteiger partial charge in [-0.3, -0.25) is 4.79 Å². The van der Waals surface area contributed by atoms with Gasteiger partial charge in [-0.15, -0.1) is 0 Å². The van der Waals surface area contributed by atoms with Crippen LogP contribution in [0.2, 0.25) is 0 Å². The van der Waals surface area contributed by atoms with E-state index in [1.165, 1.54) is 19.3 Å². The lowest BCUT2D eigenvalue weighted by atomic mass is 9.85. The van der Waals surface area contributed by atoms with Crippen LogP contribution in [0.25, 0.3) is 0 Å². The molecule has 0 aromatic carbocycles. The second kappa shape index (κ2) is 6.23. The second-order valence-corrected chi connectivity index (χ2v) is 6.23. The Morgan fingerprint density at radius 3 is 2.63 bits per heavy atom. The van der Waals surface area contributed by atoms with Crippen molar-refractivity contribution in [2.75, 3.05) is 13.7 Å². The van der Waals surface area contributed by atoms with E-state index in [0.29, 0.717) is 18.6 Å². The Morgan fingerprint density at radius 1 is 1.37 bits per heavy atom. The fourth-order valence-electron chi connectivity index (χ4n) is 3.38. The summed E-state index contributed by atoms with van der Waals surface area (Å²) in [5.74, 6) is 0.887. The molecule has 0 aliphatic heterocycles. The predicted octanol–water partition coefficient (Wildman–Crippen LogP) is 1.83. The molecular weight excluding hydrogens is 240 g/mol. The van der Waals surface area contributed by atoms with E-state index in [9.17, 15) is 4.79 Å². The minimum absolute atomic E-state index is 0.264. The van der Waals surface area contributed by atoms with Gasteiger partial charge < -0.3 is 15.8 Å². The van der Waals surface area contributed by atoms with E-state index in [-0.39, 0.29) is 5.91 Å². The smallest absolute Gasteiger partial charge is 0.240 e. The third kappa shape index (κ3) is 3.29. The Kier molecular flexibility index (Phi) is 4.85. The third-order valence-electron chi connectivity index (χ3n) is 5.02. The van der Waals surface area contributed by atoms with Gasteiger partial charge in [0, 0.05) is 0 Å². The van der Waals surface area contributed by atoms with Crippen LogP contribution >= 0.6 is 0 Å². The predicted molar refractivity (Wildman–Crippen MR) is 75.7 cm³/mol. The van der Waals surface area contributed by atoms with Gasteiger partial charge in [-0.05, 0) is 44.6 Å². The van der Waals surface area contributed by atoms with Gasteiger partial charge in [0.2, 0.25) is 5.91 Å². The number of hydrogen-bond donors (Lipinski definition) is 2. The Bertz CT molecular complexity index is 317. The SMILES string of the molecule is CCC1CCCC(OCC(NC)(C(N)=O)C2CC2)C1. The van der Waals surface area contributed by atoms with E-state index in [4.69, 9.17) is 10.5 Å². The lowest BCUT2D eigenvalue weighted by molar-refractivity contribution is -0.130. The first kappa shape index (κ1) is 14.8. The van der Waals surface area contributed by atoms with E-state index in [1.807, 2.05) is 7.05 Å². The van der Waals surface area contributed by atoms with Crippen molar-refractivity contribution in [2.24, 2.45) is 17.6 Å². The number of primary amides is 1. The van der Waals surface area contributed by atoms with E-state index >= 15 is 0 Å². The number of ether oxygens (including phenoxy) is 1. The van der Waals surface area contributed by atoms with E-state index in [2.05, 4.69) is 12.2 Å². The number of rotatable bonds is 7. The fraction of sp³-hybridized carbons (Fsp3) is 0.933. The van der Waals surface area contributed by atoms with Crippen LogP contribution in [0.4, 0.5) is 0 Å². The van der Waals surface area contributed by atoms with Gasteiger partial charge >= 0.3 is 0 Å². The van der Waals surface area contributed by atoms with Gasteiger partial charge in [0.1, 0.15) is 5.54 Å². The Balaban J connectivity index is 1.90. The molecule has 1 amide bonds. The van der Waals surface area contributed by atoms with Gasteiger partial charge in [0.25, 0.3) is 0 Å². The second-order valence-electron chi connectivity index (χ2n) is 6.23. The van der Waals surface area contributed by atoms with Crippen molar-refractivity contribution in [3.63, 3.8) is 0 Å². The molecule has 3 N–H and O–H groups in total. The monoisotopic (exact) mass is 268 g/mol. The van der Waals surface area contributed by atoms with Crippen molar-refractivity contribution < 1.29 is 9.53 Å². The number of likely N-dealkylation sites (N-methyl/N-ethyl adjacent to an activating group) is 1. The third-order valence-corrected chi connectivity index (χ3v) is 5.02. The van der Waals surface area contributed by atoms with Crippen LogP contribution in [0.5, 0.6) is 0 Å². The number of carbonyl (C=O) groups is 1. The van der Waals surface area contributed by atoms with Crippen molar-refractivity contribution in [3.8, 4) is 0 Å². The van der Waals surface area contributed by atoms with Crippen LogP contribution in [-0.4, -0.2) is 31.2 Å². The summed E-state index contributed by atoms with van der Waals surface area (Å²) in [7, 11) is 1.82. The topological polar surface area (TPSA) is 64.3 Å². The quantitative estimate of drug-likeness (QED) is 0.740. The molecule has 2 aliphatic carbocycles. The number of nitrogens with two attached hydrogens (primary N) is 1. The summed E-state index contributed by atoms with van der Waals surface area (Å²) >= 11 is 0. The van der Waals surface area contributed by atoms with Crippen LogP contribution in [0.15, 0.2) is 0 Å². The average molecular weight is 268 g/mol. The summed E-state index contributed by atoms with van der Waals surface area (Å²) in [6.07, 6.45) is 8.53. The van der Waals surface area contributed by atoms with Crippen molar-refractivity contribution in [1.82, 2.24) is 5.32 Å². The highest BCUT2D eigenvalue weighted by atomic mass is 16.5. The minimum Gasteiger partial charge on any atom is -0.376 e. The van der Waals surface area contributed by atoms with Crippen molar-refractivity contribution in [3.05, 3.63) is 0 Å². The van der Waals surface area contributed by atoms with Crippen LogP contribution in [-0.2, 0) is 9.53 Å². The van der Waals surface area contributed by atoms with Crippen LogP contribution < -0.4 is 11.1 Å². The summed E-state index contributed by atoms with van der Waals surface area (Å²) in [6, 6.07) is 0. The molecule has 0 radical (unpaired) electrons. The molecule has 3 atom stereocenters. The maximum atomic E-state index is 11.8. The lowest BCUT2D eigenvalue weighted by Crippen LogP contribution is -2.59. The van der Waals surface area contributed by atoms with Crippen LogP contribution in [0, 0.1) is 11.8 Å². The molecule has 0 spiro atoms. The highest BCUT2D eigenvalue weighted by Gasteiger charge is 2.49. The summed E-state index contributed by atoms with van der Waals surface area (Å²) in [5, 5.41) is 3.14. The molecular formula is C15H28N2O2. The van der Waals surface area contributed by atoms with Crippen molar-refractivity contribution >= 4 is 5.91 Å². The molecule has 2 rings (SSSR count). The summed E-state index contributed by atoms with van der Waals surface area (Å²) in [6.45, 7) is 2.68. The number of carbonyl (C=O) groups excluding carboxylic acids is 1. The minimum atomic E-state index is -0.640. The maximum absolute atomic E-state index is 11.8. The highest BCUT2D eigenvalue weighted by Crippen LogP contribution is 2.40. The van der Waals surface area contributed by atoms with Gasteiger partial charge in [0.15, 0.2) is 0 Å². The molecule has 110 valence electrons. The van der Waals surface area contributed by atoms with Gasteiger partial charge in [-0.25, -0.2) is 0 Å². The lowest BCUT2D eigenvalue weighted by Gasteiger charge is -2.34. The normalized spacial score (nSPS) is 30.8. The Labute approximate surface area is 116 Å². The van der Waals surface area contributed by atoms with Gasteiger partial charge in [0.05, 0.1) is 12.7 Å². The summed E-state index contributed by atoms with van der Waals surface area (Å²) in [5.41, 5.74) is 4.97. The fourth-order valence-corrected chi connectivity index (χ4v) is 3.38. The molecule has 0 saturated heterocycles. The Hall–Kier alpha value is -0.610. The first-order valence-electron chi connectivity index (χ1n) is 7.72. The number of nitrogens with one attached hydrogen (secondary N) is 1. The van der Waals surface area contributed by atoms with E-state index in [1.54, 1.807) is 0 Å². The molecule has 0 aromatic rings.